The Bertz CT molecular complexity index is 510. The molecular weight excluding hydrogens is 228 g/mol. The number of imidazole rings is 1. The molecule has 0 bridgehead atoms. The second kappa shape index (κ2) is 4.89. The van der Waals surface area contributed by atoms with Gasteiger partial charge in [-0.25, -0.2) is 14.6 Å². The zero-order chi connectivity index (χ0) is 12.4. The Morgan fingerprint density at radius 1 is 1.33 bits per heavy atom. The summed E-state index contributed by atoms with van der Waals surface area (Å²) in [6.45, 7) is 4.48. The number of nitrogens with zero attached hydrogens (tertiary/aromatic N) is 5. The first-order chi connectivity index (χ1) is 8.86. The van der Waals surface area contributed by atoms with Crippen LogP contribution in [-0.2, 0) is 19.6 Å². The molecule has 2 aromatic rings. The minimum Gasteiger partial charge on any atom is -0.326 e. The van der Waals surface area contributed by atoms with Gasteiger partial charge in [-0.3, -0.25) is 0 Å². The third-order valence-corrected chi connectivity index (χ3v) is 3.23. The highest BCUT2D eigenvalue weighted by molar-refractivity contribution is 4.98. The molecule has 0 aromatic carbocycles. The Balaban J connectivity index is 1.69. The van der Waals surface area contributed by atoms with E-state index in [1.54, 1.807) is 6.33 Å². The van der Waals surface area contributed by atoms with Crippen molar-refractivity contribution in [3.8, 4) is 0 Å². The van der Waals surface area contributed by atoms with Crippen molar-refractivity contribution in [1.29, 1.82) is 0 Å². The van der Waals surface area contributed by atoms with Gasteiger partial charge in [-0.05, 0) is 19.8 Å². The number of nitrogens with one attached hydrogen (secondary N) is 1. The van der Waals surface area contributed by atoms with Gasteiger partial charge in [0, 0.05) is 25.0 Å². The summed E-state index contributed by atoms with van der Waals surface area (Å²) in [6, 6.07) is 0.703. The van der Waals surface area contributed by atoms with Crippen LogP contribution >= 0.6 is 0 Å². The lowest BCUT2D eigenvalue weighted by Crippen LogP contribution is -2.20. The molecular formula is C12H18N6. The van der Waals surface area contributed by atoms with Gasteiger partial charge in [0.15, 0.2) is 0 Å². The van der Waals surface area contributed by atoms with Crippen LogP contribution in [-0.4, -0.2) is 30.4 Å². The number of rotatable bonds is 6. The maximum absolute atomic E-state index is 4.39. The predicted molar refractivity (Wildman–Crippen MR) is 66.9 cm³/mol. The Kier molecular flexibility index (Phi) is 3.10. The second-order valence-electron chi connectivity index (χ2n) is 4.62. The number of hydrogen-bond acceptors (Lipinski definition) is 4. The highest BCUT2D eigenvalue weighted by Crippen LogP contribution is 2.19. The lowest BCUT2D eigenvalue weighted by Gasteiger charge is -2.08. The van der Waals surface area contributed by atoms with E-state index in [0.717, 1.165) is 31.3 Å². The van der Waals surface area contributed by atoms with Crippen molar-refractivity contribution in [1.82, 2.24) is 29.6 Å². The zero-order valence-electron chi connectivity index (χ0n) is 10.6. The van der Waals surface area contributed by atoms with Crippen molar-refractivity contribution in [3.05, 3.63) is 30.4 Å². The number of aromatic nitrogens is 5. The van der Waals surface area contributed by atoms with Crippen LogP contribution in [0.2, 0.25) is 0 Å². The highest BCUT2D eigenvalue weighted by atomic mass is 15.3. The molecule has 2 heterocycles. The van der Waals surface area contributed by atoms with Crippen molar-refractivity contribution < 1.29 is 0 Å². The van der Waals surface area contributed by atoms with Crippen molar-refractivity contribution in [3.63, 3.8) is 0 Å². The van der Waals surface area contributed by atoms with Gasteiger partial charge in [-0.1, -0.05) is 0 Å². The highest BCUT2D eigenvalue weighted by Gasteiger charge is 2.20. The molecule has 0 saturated heterocycles. The smallest absolute Gasteiger partial charge is 0.146 e. The van der Waals surface area contributed by atoms with Gasteiger partial charge in [0.1, 0.15) is 18.0 Å². The Morgan fingerprint density at radius 3 is 3.00 bits per heavy atom. The van der Waals surface area contributed by atoms with Crippen LogP contribution in [0, 0.1) is 0 Å². The SMILES string of the molecule is CCn1ncnc1Cn1ccnc1CNC1CC1. The van der Waals surface area contributed by atoms with Crippen molar-refractivity contribution in [2.45, 2.75) is 45.4 Å². The maximum Gasteiger partial charge on any atom is 0.146 e. The standard InChI is InChI=1S/C12H18N6/c1-2-18-12(15-9-16-18)8-17-6-5-13-11(17)7-14-10-3-4-10/h5-6,9-10,14H,2-4,7-8H2,1H3. The van der Waals surface area contributed by atoms with E-state index in [0.29, 0.717) is 6.04 Å². The average Bonchev–Trinajstić information content (AvgIpc) is 2.94. The topological polar surface area (TPSA) is 60.6 Å². The lowest BCUT2D eigenvalue weighted by atomic mass is 10.5. The molecule has 0 unspecified atom stereocenters. The quantitative estimate of drug-likeness (QED) is 0.819. The van der Waals surface area contributed by atoms with Gasteiger partial charge in [0.05, 0.1) is 13.1 Å². The number of hydrogen-bond donors (Lipinski definition) is 1. The molecule has 1 fully saturated rings. The fourth-order valence-corrected chi connectivity index (χ4v) is 2.00. The molecule has 1 N–H and O–H groups in total. The molecule has 1 aliphatic carbocycles. The Hall–Kier alpha value is -1.69. The van der Waals surface area contributed by atoms with E-state index in [9.17, 15) is 0 Å². The van der Waals surface area contributed by atoms with Crippen LogP contribution in [0.15, 0.2) is 18.7 Å². The zero-order valence-corrected chi connectivity index (χ0v) is 10.6. The maximum atomic E-state index is 4.39. The van der Waals surface area contributed by atoms with Gasteiger partial charge < -0.3 is 9.88 Å². The predicted octanol–water partition coefficient (Wildman–Crippen LogP) is 0.795. The van der Waals surface area contributed by atoms with Gasteiger partial charge in [0.25, 0.3) is 0 Å². The van der Waals surface area contributed by atoms with Gasteiger partial charge in [-0.2, -0.15) is 5.10 Å². The third kappa shape index (κ3) is 2.43. The fourth-order valence-electron chi connectivity index (χ4n) is 2.00. The minimum absolute atomic E-state index is 0.703. The fraction of sp³-hybridized carbons (Fsp3) is 0.583. The summed E-state index contributed by atoms with van der Waals surface area (Å²) < 4.78 is 4.05. The largest absolute Gasteiger partial charge is 0.326 e. The molecule has 0 spiro atoms. The molecule has 18 heavy (non-hydrogen) atoms. The molecule has 6 nitrogen and oxygen atoms in total. The van der Waals surface area contributed by atoms with Crippen LogP contribution in [0.25, 0.3) is 0 Å². The molecule has 96 valence electrons. The molecule has 2 aromatic heterocycles. The van der Waals surface area contributed by atoms with E-state index in [2.05, 4.69) is 31.9 Å². The van der Waals surface area contributed by atoms with Gasteiger partial charge in [-0.15, -0.1) is 0 Å². The summed E-state index contributed by atoms with van der Waals surface area (Å²) in [5.74, 6) is 2.04. The molecule has 0 aliphatic heterocycles. The minimum atomic E-state index is 0.703. The molecule has 3 rings (SSSR count). The van der Waals surface area contributed by atoms with Crippen LogP contribution in [0.3, 0.4) is 0 Å². The first-order valence-corrected chi connectivity index (χ1v) is 6.47. The van der Waals surface area contributed by atoms with Crippen LogP contribution in [0.1, 0.15) is 31.4 Å². The summed E-state index contributed by atoms with van der Waals surface area (Å²) in [5, 5.41) is 7.67. The molecule has 1 saturated carbocycles. The van der Waals surface area contributed by atoms with E-state index >= 15 is 0 Å². The van der Waals surface area contributed by atoms with Gasteiger partial charge in [0.2, 0.25) is 0 Å². The lowest BCUT2D eigenvalue weighted by molar-refractivity contribution is 0.566. The third-order valence-electron chi connectivity index (χ3n) is 3.23. The van der Waals surface area contributed by atoms with E-state index in [1.165, 1.54) is 12.8 Å². The average molecular weight is 246 g/mol. The first kappa shape index (κ1) is 11.4. The van der Waals surface area contributed by atoms with E-state index in [-0.39, 0.29) is 0 Å². The van der Waals surface area contributed by atoms with Crippen molar-refractivity contribution in [2.24, 2.45) is 0 Å². The van der Waals surface area contributed by atoms with E-state index in [4.69, 9.17) is 0 Å². The monoisotopic (exact) mass is 246 g/mol. The summed E-state index contributed by atoms with van der Waals surface area (Å²) in [7, 11) is 0. The molecule has 1 aliphatic rings. The first-order valence-electron chi connectivity index (χ1n) is 6.47. The molecule has 0 amide bonds. The van der Waals surface area contributed by atoms with Crippen LogP contribution in [0.4, 0.5) is 0 Å². The van der Waals surface area contributed by atoms with Crippen LogP contribution < -0.4 is 5.32 Å². The summed E-state index contributed by atoms with van der Waals surface area (Å²) in [5.41, 5.74) is 0. The number of aryl methyl sites for hydroxylation is 1. The van der Waals surface area contributed by atoms with Crippen molar-refractivity contribution >= 4 is 0 Å². The van der Waals surface area contributed by atoms with E-state index < -0.39 is 0 Å². The summed E-state index contributed by atoms with van der Waals surface area (Å²) >= 11 is 0. The van der Waals surface area contributed by atoms with Crippen molar-refractivity contribution in [2.75, 3.05) is 0 Å². The van der Waals surface area contributed by atoms with Crippen LogP contribution in [0.5, 0.6) is 0 Å². The normalized spacial score (nSPS) is 15.2. The Morgan fingerprint density at radius 2 is 2.22 bits per heavy atom. The summed E-state index contributed by atoms with van der Waals surface area (Å²) in [6.07, 6.45) is 8.04. The molecule has 6 heteroatoms. The molecule has 0 atom stereocenters. The second-order valence-corrected chi connectivity index (χ2v) is 4.62. The summed E-state index contributed by atoms with van der Waals surface area (Å²) in [4.78, 5) is 8.69. The van der Waals surface area contributed by atoms with E-state index in [1.807, 2.05) is 17.1 Å². The van der Waals surface area contributed by atoms with Gasteiger partial charge >= 0.3 is 0 Å². The Labute approximate surface area is 106 Å². The molecule has 0 radical (unpaired) electrons.